The van der Waals surface area contributed by atoms with Gasteiger partial charge in [0.05, 0.1) is 17.1 Å². The number of hydrogen-bond acceptors (Lipinski definition) is 6. The molecule has 0 radical (unpaired) electrons. The van der Waals surface area contributed by atoms with E-state index in [0.717, 1.165) is 16.5 Å². The van der Waals surface area contributed by atoms with E-state index in [1.165, 1.54) is 10.7 Å². The lowest BCUT2D eigenvalue weighted by atomic mass is 9.97. The number of carbonyl (C=O) groups is 1. The Morgan fingerprint density at radius 3 is 2.62 bits per heavy atom. The van der Waals surface area contributed by atoms with E-state index in [0.29, 0.717) is 22.3 Å². The first kappa shape index (κ1) is 26.9. The van der Waals surface area contributed by atoms with Gasteiger partial charge in [-0.3, -0.25) is 18.9 Å². The predicted molar refractivity (Wildman–Crippen MR) is 161 cm³/mol. The molecule has 0 saturated heterocycles. The number of fused-ring (bicyclic) bond motifs is 1. The standard InChI is InChI=1S/C30H25N7O4S/c1-4-19-12-13-20-14-15-22-23(20)24(19)30(39)37(21-10-7-6-8-11-21)26(22)18(3)33-29(38)25-27(35-42(40,41)32-5-2)34-36-17-9-16-31-28(25)36/h1,6-18,32H,5H2,2-3H3,(H,33,38)(H,34,35)/t18-/m0/s1. The molecule has 0 spiro atoms. The Balaban J connectivity index is 1.52. The number of pyridine rings is 1. The summed E-state index contributed by atoms with van der Waals surface area (Å²) in [6, 6.07) is 13.6. The fourth-order valence-electron chi connectivity index (χ4n) is 5.32. The summed E-state index contributed by atoms with van der Waals surface area (Å²) >= 11 is 0. The number of benzene rings is 2. The average molecular weight is 580 g/mol. The second kappa shape index (κ2) is 10.3. The van der Waals surface area contributed by atoms with Crippen molar-refractivity contribution >= 4 is 50.5 Å². The van der Waals surface area contributed by atoms with E-state index in [1.807, 2.05) is 36.4 Å². The molecule has 0 unspecified atom stereocenters. The van der Waals surface area contributed by atoms with Crippen LogP contribution in [0.3, 0.4) is 0 Å². The van der Waals surface area contributed by atoms with Gasteiger partial charge in [0, 0.05) is 41.1 Å². The van der Waals surface area contributed by atoms with E-state index in [4.69, 9.17) is 6.42 Å². The molecule has 42 heavy (non-hydrogen) atoms. The number of amides is 1. The number of hydrogen-bond donors (Lipinski definition) is 3. The molecule has 0 bridgehead atoms. The Hall–Kier alpha value is -5.25. The van der Waals surface area contributed by atoms with Crippen LogP contribution in [-0.2, 0) is 10.2 Å². The summed E-state index contributed by atoms with van der Waals surface area (Å²) in [5, 5.41) is 8.34. The summed E-state index contributed by atoms with van der Waals surface area (Å²) in [5.41, 5.74) is 2.99. The van der Waals surface area contributed by atoms with Crippen molar-refractivity contribution in [2.75, 3.05) is 11.3 Å². The molecular weight excluding hydrogens is 554 g/mol. The van der Waals surface area contributed by atoms with Gasteiger partial charge in [0.2, 0.25) is 0 Å². The molecule has 0 aliphatic heterocycles. The highest BCUT2D eigenvalue weighted by molar-refractivity contribution is 7.90. The molecule has 12 heteroatoms. The Labute approximate surface area is 241 Å². The third-order valence-corrected chi connectivity index (χ3v) is 8.12. The van der Waals surface area contributed by atoms with Crippen LogP contribution in [0.2, 0.25) is 0 Å². The third kappa shape index (κ3) is 4.41. The number of carbonyl (C=O) groups excluding carboxylic acids is 1. The Morgan fingerprint density at radius 2 is 1.88 bits per heavy atom. The van der Waals surface area contributed by atoms with Gasteiger partial charge in [-0.2, -0.15) is 13.1 Å². The third-order valence-electron chi connectivity index (χ3n) is 6.99. The lowest BCUT2D eigenvalue weighted by Gasteiger charge is -2.23. The van der Waals surface area contributed by atoms with Crippen molar-refractivity contribution in [3.05, 3.63) is 99.2 Å². The minimum absolute atomic E-state index is 0.0689. The number of para-hydroxylation sites is 1. The molecule has 6 rings (SSSR count). The second-order valence-electron chi connectivity index (χ2n) is 9.62. The summed E-state index contributed by atoms with van der Waals surface area (Å²) in [6.07, 6.45) is 12.6. The lowest BCUT2D eigenvalue weighted by molar-refractivity contribution is 0.0941. The lowest BCUT2D eigenvalue weighted by Crippen LogP contribution is -2.34. The van der Waals surface area contributed by atoms with Gasteiger partial charge in [-0.1, -0.05) is 49.3 Å². The molecule has 3 aromatic heterocycles. The fraction of sp³-hybridized carbons (Fsp3) is 0.133. The normalized spacial score (nSPS) is 12.9. The van der Waals surface area contributed by atoms with E-state index in [-0.39, 0.29) is 29.1 Å². The zero-order valence-corrected chi connectivity index (χ0v) is 23.4. The molecule has 1 aliphatic rings. The highest BCUT2D eigenvalue weighted by Gasteiger charge is 2.29. The van der Waals surface area contributed by atoms with Gasteiger partial charge >= 0.3 is 0 Å². The van der Waals surface area contributed by atoms with Crippen LogP contribution in [-0.4, -0.2) is 40.0 Å². The van der Waals surface area contributed by atoms with Crippen LogP contribution < -0.4 is 20.3 Å². The maximum absolute atomic E-state index is 14.1. The largest absolute Gasteiger partial charge is 0.344 e. The number of nitrogens with one attached hydrogen (secondary N) is 3. The number of terminal acetylenes is 1. The highest BCUT2D eigenvalue weighted by atomic mass is 32.2. The van der Waals surface area contributed by atoms with Gasteiger partial charge in [0.1, 0.15) is 5.56 Å². The van der Waals surface area contributed by atoms with Crippen LogP contribution in [0.25, 0.3) is 34.3 Å². The Morgan fingerprint density at radius 1 is 1.10 bits per heavy atom. The molecule has 1 atom stereocenters. The van der Waals surface area contributed by atoms with Crippen molar-refractivity contribution in [3.8, 4) is 18.0 Å². The van der Waals surface area contributed by atoms with Crippen molar-refractivity contribution in [2.45, 2.75) is 19.9 Å². The molecule has 1 amide bonds. The summed E-state index contributed by atoms with van der Waals surface area (Å²) in [5.74, 6) is 1.81. The summed E-state index contributed by atoms with van der Waals surface area (Å²) in [7, 11) is -4.01. The van der Waals surface area contributed by atoms with Gasteiger partial charge in [-0.15, -0.1) is 11.5 Å². The zero-order chi connectivity index (χ0) is 29.6. The molecule has 0 fully saturated rings. The van der Waals surface area contributed by atoms with Gasteiger partial charge in [0.15, 0.2) is 11.5 Å². The van der Waals surface area contributed by atoms with E-state index in [2.05, 4.69) is 30.8 Å². The van der Waals surface area contributed by atoms with Crippen LogP contribution >= 0.6 is 0 Å². The van der Waals surface area contributed by atoms with Crippen LogP contribution in [0.4, 0.5) is 5.82 Å². The van der Waals surface area contributed by atoms with Crippen molar-refractivity contribution < 1.29 is 13.2 Å². The number of aromatic nitrogens is 4. The highest BCUT2D eigenvalue weighted by Crippen LogP contribution is 2.37. The molecule has 11 nitrogen and oxygen atoms in total. The zero-order valence-electron chi connectivity index (χ0n) is 22.6. The number of anilines is 1. The van der Waals surface area contributed by atoms with Crippen molar-refractivity contribution in [3.63, 3.8) is 0 Å². The Bertz CT molecular complexity index is 2140. The SMILES string of the molecule is C#Cc1ccc2c3c(c([C@H](C)NC(=O)c4c(NS(=O)(=O)NCC)nn5cccnc45)n(-c4ccccc4)c(=O)c13)C=C2. The minimum Gasteiger partial charge on any atom is -0.344 e. The van der Waals surface area contributed by atoms with E-state index >= 15 is 0 Å². The van der Waals surface area contributed by atoms with Crippen LogP contribution in [0.15, 0.2) is 65.7 Å². The number of rotatable bonds is 8. The summed E-state index contributed by atoms with van der Waals surface area (Å²) in [6.45, 7) is 3.53. The topological polar surface area (TPSA) is 139 Å². The van der Waals surface area contributed by atoms with Crippen LogP contribution in [0, 0.1) is 12.3 Å². The molecule has 1 aliphatic carbocycles. The monoisotopic (exact) mass is 579 g/mol. The van der Waals surface area contributed by atoms with E-state index in [9.17, 15) is 18.0 Å². The molecule has 5 aromatic rings. The van der Waals surface area contributed by atoms with Gasteiger partial charge in [-0.25, -0.2) is 9.50 Å². The van der Waals surface area contributed by atoms with E-state index in [1.54, 1.807) is 48.9 Å². The molecular formula is C30H25N7O4S. The molecule has 210 valence electrons. The summed E-state index contributed by atoms with van der Waals surface area (Å²) in [4.78, 5) is 32.3. The van der Waals surface area contributed by atoms with Gasteiger partial charge in [-0.05, 0) is 36.8 Å². The first-order valence-corrected chi connectivity index (χ1v) is 14.6. The van der Waals surface area contributed by atoms with Crippen molar-refractivity contribution in [2.24, 2.45) is 0 Å². The number of nitrogens with zero attached hydrogens (tertiary/aromatic N) is 4. The Kier molecular flexibility index (Phi) is 6.61. The predicted octanol–water partition coefficient (Wildman–Crippen LogP) is 3.26. The quantitative estimate of drug-likeness (QED) is 0.237. The second-order valence-corrected chi connectivity index (χ2v) is 11.1. The minimum atomic E-state index is -4.01. The molecule has 3 N–H and O–H groups in total. The van der Waals surface area contributed by atoms with Crippen LogP contribution in [0.1, 0.15) is 52.6 Å². The molecule has 3 heterocycles. The van der Waals surface area contributed by atoms with Gasteiger partial charge in [0.25, 0.3) is 21.7 Å². The molecule has 2 aromatic carbocycles. The maximum atomic E-state index is 14.1. The van der Waals surface area contributed by atoms with Crippen molar-refractivity contribution in [1.29, 1.82) is 0 Å². The smallest absolute Gasteiger partial charge is 0.300 e. The van der Waals surface area contributed by atoms with Crippen molar-refractivity contribution in [1.82, 2.24) is 29.2 Å². The first-order valence-electron chi connectivity index (χ1n) is 13.1. The summed E-state index contributed by atoms with van der Waals surface area (Å²) < 4.78 is 32.6. The van der Waals surface area contributed by atoms with Gasteiger partial charge < -0.3 is 5.32 Å². The average Bonchev–Trinajstić information content (AvgIpc) is 3.56. The molecule has 0 saturated carbocycles. The maximum Gasteiger partial charge on any atom is 0.300 e. The van der Waals surface area contributed by atoms with Crippen LogP contribution in [0.5, 0.6) is 0 Å². The van der Waals surface area contributed by atoms with E-state index < -0.39 is 22.2 Å². The fourth-order valence-corrected chi connectivity index (χ4v) is 6.17. The first-order chi connectivity index (χ1) is 20.2.